The highest BCUT2D eigenvalue weighted by Gasteiger charge is 2.38. The number of nitrogens with one attached hydrogen (secondary N) is 1. The Morgan fingerprint density at radius 2 is 1.60 bits per heavy atom. The third kappa shape index (κ3) is 11.0. The zero-order valence-corrected chi connectivity index (χ0v) is 21.1. The molecule has 0 aromatic heterocycles. The molecule has 2 N–H and O–H groups in total. The number of carboxylic acid groups (broad SMARTS) is 1. The number of carboxylic acids is 1. The van der Waals surface area contributed by atoms with Crippen LogP contribution in [0, 0.1) is 6.92 Å². The first kappa shape index (κ1) is 30.2. The maximum absolute atomic E-state index is 12.3. The summed E-state index contributed by atoms with van der Waals surface area (Å²) in [5, 5.41) is 10.5. The molecule has 0 heterocycles. The summed E-state index contributed by atoms with van der Waals surface area (Å²) in [4.78, 5) is 23.4. The number of aryl methyl sites for hydroxylation is 1. The van der Waals surface area contributed by atoms with Gasteiger partial charge >= 0.3 is 12.1 Å². The van der Waals surface area contributed by atoms with Gasteiger partial charge in [-0.1, -0.05) is 23.7 Å². The zero-order valence-electron chi connectivity index (χ0n) is 19.5. The van der Waals surface area contributed by atoms with Gasteiger partial charge in [-0.3, -0.25) is 4.79 Å². The molecule has 0 spiro atoms. The molecule has 0 fully saturated rings. The monoisotopic (exact) mass is 536 g/mol. The predicted molar refractivity (Wildman–Crippen MR) is 131 cm³/mol. The third-order valence-corrected chi connectivity index (χ3v) is 6.65. The van der Waals surface area contributed by atoms with Gasteiger partial charge in [-0.05, 0) is 62.2 Å². The molecule has 194 valence electrons. The van der Waals surface area contributed by atoms with E-state index in [0.29, 0.717) is 16.3 Å². The lowest BCUT2D eigenvalue weighted by Gasteiger charge is -2.22. The summed E-state index contributed by atoms with van der Waals surface area (Å²) in [6.45, 7) is 7.94. The lowest BCUT2D eigenvalue weighted by atomic mass is 10.1. The molecule has 0 atom stereocenters. The van der Waals surface area contributed by atoms with E-state index in [0.717, 1.165) is 24.3 Å². The fraction of sp³-hybridized carbons (Fsp3) is 0.391. The minimum Gasteiger partial charge on any atom is -0.475 e. The zero-order chi connectivity index (χ0) is 26.8. The second-order valence-electron chi connectivity index (χ2n) is 7.49. The minimum absolute atomic E-state index is 0.0762. The number of carbonyl (C=O) groups is 2. The van der Waals surface area contributed by atoms with E-state index in [1.165, 1.54) is 0 Å². The summed E-state index contributed by atoms with van der Waals surface area (Å²) in [6.07, 6.45) is -5.16. The number of hydrogen-bond donors (Lipinski definition) is 2. The van der Waals surface area contributed by atoms with Gasteiger partial charge in [0.05, 0.1) is 11.5 Å². The van der Waals surface area contributed by atoms with Crippen LogP contribution in [0.3, 0.4) is 0 Å². The van der Waals surface area contributed by atoms with Gasteiger partial charge in [-0.25, -0.2) is 13.2 Å². The van der Waals surface area contributed by atoms with Crippen LogP contribution in [0.1, 0.15) is 31.4 Å². The largest absolute Gasteiger partial charge is 0.490 e. The maximum atomic E-state index is 12.3. The third-order valence-electron chi connectivity index (χ3n) is 4.80. The molecule has 0 aliphatic heterocycles. The van der Waals surface area contributed by atoms with Crippen molar-refractivity contribution in [2.24, 2.45) is 0 Å². The Kier molecular flexibility index (Phi) is 11.5. The first-order chi connectivity index (χ1) is 16.2. The summed E-state index contributed by atoms with van der Waals surface area (Å²) in [5.74, 6) is -3.36. The van der Waals surface area contributed by atoms with E-state index < -0.39 is 22.0 Å². The van der Waals surface area contributed by atoms with Gasteiger partial charge in [0.15, 0.2) is 9.84 Å². The summed E-state index contributed by atoms with van der Waals surface area (Å²) in [5.41, 5.74) is 3.41. The van der Waals surface area contributed by atoms with E-state index in [1.807, 2.05) is 25.1 Å². The molecule has 12 heteroatoms. The van der Waals surface area contributed by atoms with Crippen molar-refractivity contribution < 1.29 is 36.3 Å². The Balaban J connectivity index is 0.000000762. The van der Waals surface area contributed by atoms with Crippen LogP contribution >= 0.6 is 11.6 Å². The second-order valence-corrected chi connectivity index (χ2v) is 10.1. The number of sulfone groups is 1. The average Bonchev–Trinajstić information content (AvgIpc) is 2.76. The Bertz CT molecular complexity index is 1100. The first-order valence-electron chi connectivity index (χ1n) is 10.6. The molecule has 2 aromatic carbocycles. The smallest absolute Gasteiger partial charge is 0.475 e. The number of benzene rings is 2. The number of halogens is 4. The van der Waals surface area contributed by atoms with Gasteiger partial charge < -0.3 is 15.3 Å². The predicted octanol–water partition coefficient (Wildman–Crippen LogP) is 5.07. The van der Waals surface area contributed by atoms with E-state index in [9.17, 15) is 26.4 Å². The Morgan fingerprint density at radius 1 is 1.06 bits per heavy atom. The van der Waals surface area contributed by atoms with E-state index in [2.05, 4.69) is 24.1 Å². The fourth-order valence-corrected chi connectivity index (χ4v) is 4.41. The van der Waals surface area contributed by atoms with Crippen molar-refractivity contribution >= 4 is 44.7 Å². The molecule has 0 saturated heterocycles. The van der Waals surface area contributed by atoms with E-state index in [-0.39, 0.29) is 23.8 Å². The molecule has 0 saturated carbocycles. The number of alkyl halides is 3. The average molecular weight is 537 g/mol. The molecule has 0 radical (unpaired) electrons. The van der Waals surface area contributed by atoms with Gasteiger partial charge in [0.2, 0.25) is 5.91 Å². The SMILES string of the molecule is CCN(CC)c1ccc(NC(=O)CCS(=O)(=O)Cc2ccc(Cl)cc2)c(C)c1.O=C(O)C(F)(F)F. The van der Waals surface area contributed by atoms with Crippen molar-refractivity contribution in [2.75, 3.05) is 29.1 Å². The van der Waals surface area contributed by atoms with Crippen molar-refractivity contribution in [1.29, 1.82) is 0 Å². The van der Waals surface area contributed by atoms with Crippen molar-refractivity contribution in [3.63, 3.8) is 0 Å². The second kappa shape index (κ2) is 13.3. The van der Waals surface area contributed by atoms with Crippen LogP contribution in [0.25, 0.3) is 0 Å². The first-order valence-corrected chi connectivity index (χ1v) is 12.8. The van der Waals surface area contributed by atoms with Crippen LogP contribution in [0.5, 0.6) is 0 Å². The molecule has 2 aromatic rings. The molecule has 0 aliphatic carbocycles. The van der Waals surface area contributed by atoms with Crippen molar-refractivity contribution in [1.82, 2.24) is 0 Å². The van der Waals surface area contributed by atoms with Crippen molar-refractivity contribution in [2.45, 2.75) is 39.1 Å². The normalized spacial score (nSPS) is 11.3. The topological polar surface area (TPSA) is 104 Å². The number of hydrogen-bond acceptors (Lipinski definition) is 5. The number of rotatable bonds is 9. The highest BCUT2D eigenvalue weighted by atomic mass is 35.5. The standard InChI is InChI=1S/C21H27ClN2O3S.C2HF3O2/c1-4-24(5-2)19-10-11-20(16(3)14-19)23-21(25)12-13-28(26,27)15-17-6-8-18(22)9-7-17;3-2(4,5)1(6)7/h6-11,14H,4-5,12-13,15H2,1-3H3,(H,23,25);(H,6,7). The van der Waals surface area contributed by atoms with E-state index in [1.54, 1.807) is 24.3 Å². The Morgan fingerprint density at radius 3 is 2.06 bits per heavy atom. The summed E-state index contributed by atoms with van der Waals surface area (Å²) in [6, 6.07) is 12.5. The molecule has 1 amide bonds. The Hall–Kier alpha value is -2.79. The van der Waals surface area contributed by atoms with Crippen LogP contribution in [-0.2, 0) is 25.2 Å². The van der Waals surface area contributed by atoms with E-state index in [4.69, 9.17) is 21.5 Å². The highest BCUT2D eigenvalue weighted by Crippen LogP contribution is 2.23. The molecular formula is C23H28ClF3N2O5S. The van der Waals surface area contributed by atoms with Crippen molar-refractivity contribution in [3.8, 4) is 0 Å². The highest BCUT2D eigenvalue weighted by molar-refractivity contribution is 7.90. The number of nitrogens with zero attached hydrogens (tertiary/aromatic N) is 1. The van der Waals surface area contributed by atoms with Crippen LogP contribution in [0.15, 0.2) is 42.5 Å². The van der Waals surface area contributed by atoms with Gasteiger partial charge in [-0.2, -0.15) is 13.2 Å². The van der Waals surface area contributed by atoms with E-state index >= 15 is 0 Å². The number of amides is 1. The lowest BCUT2D eigenvalue weighted by molar-refractivity contribution is -0.192. The molecular weight excluding hydrogens is 509 g/mol. The lowest BCUT2D eigenvalue weighted by Crippen LogP contribution is -2.22. The van der Waals surface area contributed by atoms with Gasteiger partial charge in [-0.15, -0.1) is 0 Å². The maximum Gasteiger partial charge on any atom is 0.490 e. The van der Waals surface area contributed by atoms with Crippen LogP contribution < -0.4 is 10.2 Å². The number of aliphatic carboxylic acids is 1. The quantitative estimate of drug-likeness (QED) is 0.463. The molecule has 7 nitrogen and oxygen atoms in total. The summed E-state index contributed by atoms with van der Waals surface area (Å²) < 4.78 is 56.3. The molecule has 35 heavy (non-hydrogen) atoms. The molecule has 0 unspecified atom stereocenters. The summed E-state index contributed by atoms with van der Waals surface area (Å²) >= 11 is 5.81. The van der Waals surface area contributed by atoms with Gasteiger partial charge in [0.1, 0.15) is 0 Å². The number of anilines is 2. The Labute approximate surface area is 207 Å². The van der Waals surface area contributed by atoms with Crippen molar-refractivity contribution in [3.05, 3.63) is 58.6 Å². The van der Waals surface area contributed by atoms with Gasteiger partial charge in [0.25, 0.3) is 0 Å². The minimum atomic E-state index is -5.08. The van der Waals surface area contributed by atoms with Crippen LogP contribution in [0.4, 0.5) is 24.5 Å². The fourth-order valence-electron chi connectivity index (χ4n) is 2.94. The van der Waals surface area contributed by atoms with Crippen LogP contribution in [0.2, 0.25) is 5.02 Å². The molecule has 0 bridgehead atoms. The molecule has 2 rings (SSSR count). The summed E-state index contributed by atoms with van der Waals surface area (Å²) in [7, 11) is -3.38. The number of carbonyl (C=O) groups excluding carboxylic acids is 1. The van der Waals surface area contributed by atoms with Crippen LogP contribution in [-0.4, -0.2) is 50.4 Å². The molecule has 0 aliphatic rings. The van der Waals surface area contributed by atoms with Gasteiger partial charge in [0, 0.05) is 35.9 Å².